The molecule has 5 heteroatoms. The Labute approximate surface area is 101 Å². The highest BCUT2D eigenvalue weighted by molar-refractivity contribution is 5.56. The van der Waals surface area contributed by atoms with Crippen LogP contribution in [0.4, 0.5) is 0 Å². The fourth-order valence-electron chi connectivity index (χ4n) is 1.96. The third-order valence-electron chi connectivity index (χ3n) is 3.06. The maximum absolute atomic E-state index is 5.78. The average molecular weight is 233 g/mol. The number of hydrogen-bond donors (Lipinski definition) is 1. The smallest absolute Gasteiger partial charge is 0.0954 e. The predicted molar refractivity (Wildman–Crippen MR) is 67.5 cm³/mol. The van der Waals surface area contributed by atoms with E-state index in [1.54, 1.807) is 0 Å². The number of nitrogens with two attached hydrogens (primary N) is 1. The van der Waals surface area contributed by atoms with Gasteiger partial charge in [0.15, 0.2) is 0 Å². The SMILES string of the molecule is CCC(CN)n1cncc1-c1cnn(CC)c1. The van der Waals surface area contributed by atoms with Crippen LogP contribution in [0.3, 0.4) is 0 Å². The van der Waals surface area contributed by atoms with Crippen LogP contribution in [0.1, 0.15) is 26.3 Å². The van der Waals surface area contributed by atoms with Gasteiger partial charge in [-0.3, -0.25) is 4.68 Å². The molecule has 0 aromatic carbocycles. The van der Waals surface area contributed by atoms with Gasteiger partial charge in [-0.25, -0.2) is 4.98 Å². The Morgan fingerprint density at radius 3 is 2.76 bits per heavy atom. The lowest BCUT2D eigenvalue weighted by atomic mass is 10.2. The number of aryl methyl sites for hydroxylation is 1. The van der Waals surface area contributed by atoms with Gasteiger partial charge in [0.05, 0.1) is 24.4 Å². The van der Waals surface area contributed by atoms with Gasteiger partial charge in [0, 0.05) is 30.9 Å². The van der Waals surface area contributed by atoms with E-state index < -0.39 is 0 Å². The van der Waals surface area contributed by atoms with Gasteiger partial charge in [-0.05, 0) is 13.3 Å². The summed E-state index contributed by atoms with van der Waals surface area (Å²) >= 11 is 0. The third kappa shape index (κ3) is 2.24. The highest BCUT2D eigenvalue weighted by atomic mass is 15.3. The van der Waals surface area contributed by atoms with E-state index in [2.05, 4.69) is 28.5 Å². The van der Waals surface area contributed by atoms with E-state index in [9.17, 15) is 0 Å². The number of nitrogens with zero attached hydrogens (tertiary/aromatic N) is 4. The zero-order chi connectivity index (χ0) is 12.3. The molecule has 1 unspecified atom stereocenters. The van der Waals surface area contributed by atoms with E-state index in [0.29, 0.717) is 12.6 Å². The molecule has 0 aliphatic heterocycles. The monoisotopic (exact) mass is 233 g/mol. The summed E-state index contributed by atoms with van der Waals surface area (Å²) in [5, 5.41) is 4.29. The minimum absolute atomic E-state index is 0.303. The summed E-state index contributed by atoms with van der Waals surface area (Å²) in [7, 11) is 0. The molecule has 0 fully saturated rings. The van der Waals surface area contributed by atoms with Crippen molar-refractivity contribution in [2.24, 2.45) is 5.73 Å². The Morgan fingerprint density at radius 1 is 1.35 bits per heavy atom. The fourth-order valence-corrected chi connectivity index (χ4v) is 1.96. The summed E-state index contributed by atoms with van der Waals surface area (Å²) in [6, 6.07) is 0.303. The second kappa shape index (κ2) is 5.14. The van der Waals surface area contributed by atoms with E-state index in [-0.39, 0.29) is 0 Å². The second-order valence-electron chi connectivity index (χ2n) is 4.07. The van der Waals surface area contributed by atoms with Crippen molar-refractivity contribution in [3.05, 3.63) is 24.9 Å². The molecule has 0 aliphatic carbocycles. The molecule has 0 radical (unpaired) electrons. The Balaban J connectivity index is 2.35. The van der Waals surface area contributed by atoms with E-state index >= 15 is 0 Å². The molecule has 2 aromatic rings. The maximum atomic E-state index is 5.78. The van der Waals surface area contributed by atoms with E-state index in [4.69, 9.17) is 5.73 Å². The van der Waals surface area contributed by atoms with Crippen LogP contribution in [0.2, 0.25) is 0 Å². The molecule has 2 heterocycles. The third-order valence-corrected chi connectivity index (χ3v) is 3.06. The minimum Gasteiger partial charge on any atom is -0.328 e. The molecule has 0 saturated heterocycles. The van der Waals surface area contributed by atoms with E-state index in [1.165, 1.54) is 0 Å². The Bertz CT molecular complexity index is 467. The molecule has 1 atom stereocenters. The van der Waals surface area contributed by atoms with Crippen LogP contribution < -0.4 is 5.73 Å². The van der Waals surface area contributed by atoms with Crippen molar-refractivity contribution >= 4 is 0 Å². The Morgan fingerprint density at radius 2 is 2.18 bits per heavy atom. The van der Waals surface area contributed by atoms with Crippen molar-refractivity contribution < 1.29 is 0 Å². The summed E-state index contributed by atoms with van der Waals surface area (Å²) in [4.78, 5) is 4.22. The average Bonchev–Trinajstić information content (AvgIpc) is 2.98. The summed E-state index contributed by atoms with van der Waals surface area (Å²) in [6.45, 7) is 5.71. The zero-order valence-electron chi connectivity index (χ0n) is 10.4. The Kier molecular flexibility index (Phi) is 3.58. The van der Waals surface area contributed by atoms with Gasteiger partial charge in [-0.1, -0.05) is 6.92 Å². The van der Waals surface area contributed by atoms with Crippen LogP contribution in [-0.4, -0.2) is 25.9 Å². The standard InChI is InChI=1S/C12H19N5/c1-3-11(5-13)17-9-14-7-12(17)10-6-15-16(4-2)8-10/h6-9,11H,3-5,13H2,1-2H3. The predicted octanol–water partition coefficient (Wildman–Crippen LogP) is 1.68. The van der Waals surface area contributed by atoms with Crippen molar-refractivity contribution in [1.29, 1.82) is 0 Å². The quantitative estimate of drug-likeness (QED) is 0.854. The lowest BCUT2D eigenvalue weighted by molar-refractivity contribution is 0.500. The largest absolute Gasteiger partial charge is 0.328 e. The molecule has 2 aromatic heterocycles. The molecule has 2 rings (SSSR count). The van der Waals surface area contributed by atoms with Gasteiger partial charge in [0.25, 0.3) is 0 Å². The summed E-state index contributed by atoms with van der Waals surface area (Å²) < 4.78 is 4.05. The van der Waals surface area contributed by atoms with E-state index in [0.717, 1.165) is 24.2 Å². The first-order chi connectivity index (χ1) is 8.30. The van der Waals surface area contributed by atoms with Crippen LogP contribution >= 0.6 is 0 Å². The molecule has 0 bridgehead atoms. The molecule has 0 saturated carbocycles. The minimum atomic E-state index is 0.303. The van der Waals surface area contributed by atoms with Crippen molar-refractivity contribution in [1.82, 2.24) is 19.3 Å². The molecule has 17 heavy (non-hydrogen) atoms. The van der Waals surface area contributed by atoms with Crippen LogP contribution in [0.15, 0.2) is 24.9 Å². The van der Waals surface area contributed by atoms with Crippen molar-refractivity contribution in [3.8, 4) is 11.3 Å². The first kappa shape index (κ1) is 11.9. The lowest BCUT2D eigenvalue weighted by Crippen LogP contribution is -2.18. The van der Waals surface area contributed by atoms with Crippen LogP contribution in [0, 0.1) is 0 Å². The summed E-state index contributed by atoms with van der Waals surface area (Å²) in [5.74, 6) is 0. The zero-order valence-corrected chi connectivity index (χ0v) is 10.4. The normalized spacial score (nSPS) is 12.9. The van der Waals surface area contributed by atoms with Gasteiger partial charge in [0.2, 0.25) is 0 Å². The first-order valence-electron chi connectivity index (χ1n) is 6.04. The second-order valence-corrected chi connectivity index (χ2v) is 4.07. The van der Waals surface area contributed by atoms with Crippen molar-refractivity contribution in [2.75, 3.05) is 6.54 Å². The first-order valence-corrected chi connectivity index (χ1v) is 6.04. The van der Waals surface area contributed by atoms with Crippen LogP contribution in [0.5, 0.6) is 0 Å². The number of imidazole rings is 1. The van der Waals surface area contributed by atoms with Gasteiger partial charge < -0.3 is 10.3 Å². The lowest BCUT2D eigenvalue weighted by Gasteiger charge is -2.16. The van der Waals surface area contributed by atoms with Crippen LogP contribution in [-0.2, 0) is 6.54 Å². The summed E-state index contributed by atoms with van der Waals surface area (Å²) in [6.07, 6.45) is 8.63. The molecule has 0 aliphatic rings. The maximum Gasteiger partial charge on any atom is 0.0954 e. The van der Waals surface area contributed by atoms with E-state index in [1.807, 2.05) is 29.6 Å². The Hall–Kier alpha value is -1.62. The molecule has 5 nitrogen and oxygen atoms in total. The highest BCUT2D eigenvalue weighted by Gasteiger charge is 2.13. The van der Waals surface area contributed by atoms with Gasteiger partial charge >= 0.3 is 0 Å². The molecular formula is C12H19N5. The number of aromatic nitrogens is 4. The molecular weight excluding hydrogens is 214 g/mol. The van der Waals surface area contributed by atoms with Gasteiger partial charge in [-0.15, -0.1) is 0 Å². The van der Waals surface area contributed by atoms with Crippen LogP contribution in [0.25, 0.3) is 11.3 Å². The van der Waals surface area contributed by atoms with Crippen molar-refractivity contribution in [2.45, 2.75) is 32.9 Å². The fraction of sp³-hybridized carbons (Fsp3) is 0.500. The molecule has 2 N–H and O–H groups in total. The van der Waals surface area contributed by atoms with Crippen molar-refractivity contribution in [3.63, 3.8) is 0 Å². The van der Waals surface area contributed by atoms with Gasteiger partial charge in [0.1, 0.15) is 0 Å². The number of hydrogen-bond acceptors (Lipinski definition) is 3. The van der Waals surface area contributed by atoms with Gasteiger partial charge in [-0.2, -0.15) is 5.10 Å². The number of rotatable bonds is 5. The molecule has 92 valence electrons. The highest BCUT2D eigenvalue weighted by Crippen LogP contribution is 2.23. The molecule has 0 amide bonds. The topological polar surface area (TPSA) is 61.7 Å². The molecule has 0 spiro atoms. The summed E-state index contributed by atoms with van der Waals surface area (Å²) in [5.41, 5.74) is 7.96.